The first kappa shape index (κ1) is 16.1. The zero-order chi connectivity index (χ0) is 16.4. The summed E-state index contributed by atoms with van der Waals surface area (Å²) in [4.78, 5) is 4.77. The molecule has 1 aromatic heterocycles. The molecule has 0 saturated carbocycles. The molecule has 0 spiro atoms. The Morgan fingerprint density at radius 1 is 1.17 bits per heavy atom. The van der Waals surface area contributed by atoms with Gasteiger partial charge in [0, 0.05) is 24.7 Å². The lowest BCUT2D eigenvalue weighted by Crippen LogP contribution is -2.37. The number of benzene rings is 1. The van der Waals surface area contributed by atoms with Crippen molar-refractivity contribution in [1.82, 2.24) is 20.0 Å². The van der Waals surface area contributed by atoms with Crippen molar-refractivity contribution >= 4 is 0 Å². The Hall–Kier alpha value is -1.72. The van der Waals surface area contributed by atoms with Crippen LogP contribution >= 0.6 is 0 Å². The van der Waals surface area contributed by atoms with Crippen LogP contribution in [0.4, 0.5) is 0 Å². The monoisotopic (exact) mass is 314 g/mol. The molecule has 2 atom stereocenters. The first-order chi connectivity index (χ1) is 11.0. The first-order valence-electron chi connectivity index (χ1n) is 8.31. The van der Waals surface area contributed by atoms with Gasteiger partial charge in [0.15, 0.2) is 0 Å². The first-order valence-corrected chi connectivity index (χ1v) is 8.31. The molecule has 23 heavy (non-hydrogen) atoms. The molecular weight excluding hydrogens is 288 g/mol. The van der Waals surface area contributed by atoms with Gasteiger partial charge >= 0.3 is 0 Å². The molecule has 0 aliphatic carbocycles. The normalized spacial score (nSPS) is 22.3. The number of hydrogen-bond acceptors (Lipinski definition) is 5. The maximum atomic E-state index is 5.85. The van der Waals surface area contributed by atoms with E-state index in [4.69, 9.17) is 4.42 Å². The van der Waals surface area contributed by atoms with Gasteiger partial charge < -0.3 is 9.32 Å². The van der Waals surface area contributed by atoms with E-state index in [1.165, 1.54) is 0 Å². The minimum atomic E-state index is 0.589. The quantitative estimate of drug-likeness (QED) is 0.849. The van der Waals surface area contributed by atoms with Crippen molar-refractivity contribution in [3.05, 3.63) is 36.2 Å². The second kappa shape index (κ2) is 6.81. The molecule has 1 aromatic carbocycles. The molecule has 5 heteroatoms. The molecule has 1 saturated heterocycles. The van der Waals surface area contributed by atoms with Crippen molar-refractivity contribution in [3.63, 3.8) is 0 Å². The summed E-state index contributed by atoms with van der Waals surface area (Å²) in [7, 11) is 4.34. The fraction of sp³-hybridized carbons (Fsp3) is 0.556. The summed E-state index contributed by atoms with van der Waals surface area (Å²) in [5.41, 5.74) is 0.971. The summed E-state index contributed by atoms with van der Waals surface area (Å²) in [5.74, 6) is 2.66. The van der Waals surface area contributed by atoms with E-state index in [1.54, 1.807) is 0 Å². The van der Waals surface area contributed by atoms with Crippen LogP contribution in [0.2, 0.25) is 0 Å². The summed E-state index contributed by atoms with van der Waals surface area (Å²) in [5, 5.41) is 8.41. The highest BCUT2D eigenvalue weighted by Gasteiger charge is 2.36. The summed E-state index contributed by atoms with van der Waals surface area (Å²) < 4.78 is 5.85. The molecule has 124 valence electrons. The van der Waals surface area contributed by atoms with E-state index < -0.39 is 0 Å². The maximum absolute atomic E-state index is 5.85. The third kappa shape index (κ3) is 3.62. The zero-order valence-electron chi connectivity index (χ0n) is 14.4. The average molecular weight is 314 g/mol. The summed E-state index contributed by atoms with van der Waals surface area (Å²) in [6.45, 7) is 7.49. The summed E-state index contributed by atoms with van der Waals surface area (Å²) in [6.07, 6.45) is 0. The van der Waals surface area contributed by atoms with Crippen LogP contribution in [0.3, 0.4) is 0 Å². The largest absolute Gasteiger partial charge is 0.419 e. The van der Waals surface area contributed by atoms with Crippen LogP contribution < -0.4 is 0 Å². The van der Waals surface area contributed by atoms with Crippen LogP contribution in [0.15, 0.2) is 34.7 Å². The fourth-order valence-corrected chi connectivity index (χ4v) is 3.43. The number of hydrogen-bond donors (Lipinski definition) is 0. The van der Waals surface area contributed by atoms with E-state index in [0.29, 0.717) is 29.7 Å². The Kier molecular flexibility index (Phi) is 4.78. The van der Waals surface area contributed by atoms with Crippen LogP contribution in [0.5, 0.6) is 0 Å². The average Bonchev–Trinajstić information content (AvgIpc) is 3.16. The lowest BCUT2D eigenvalue weighted by molar-refractivity contribution is 0.215. The minimum absolute atomic E-state index is 0.589. The van der Waals surface area contributed by atoms with E-state index in [1.807, 2.05) is 30.3 Å². The van der Waals surface area contributed by atoms with Gasteiger partial charge in [0.05, 0.1) is 6.54 Å². The van der Waals surface area contributed by atoms with Gasteiger partial charge in [-0.15, -0.1) is 10.2 Å². The Bertz CT molecular complexity index is 607. The van der Waals surface area contributed by atoms with Gasteiger partial charge in [-0.1, -0.05) is 32.0 Å². The third-order valence-corrected chi connectivity index (χ3v) is 4.77. The summed E-state index contributed by atoms with van der Waals surface area (Å²) in [6, 6.07) is 10.5. The number of nitrogens with zero attached hydrogens (tertiary/aromatic N) is 4. The summed E-state index contributed by atoms with van der Waals surface area (Å²) >= 11 is 0. The molecule has 0 bridgehead atoms. The molecule has 0 N–H and O–H groups in total. The lowest BCUT2D eigenvalue weighted by Gasteiger charge is -2.27. The van der Waals surface area contributed by atoms with Gasteiger partial charge in [-0.2, -0.15) is 0 Å². The molecule has 5 nitrogen and oxygen atoms in total. The van der Waals surface area contributed by atoms with Gasteiger partial charge in [-0.05, 0) is 38.1 Å². The zero-order valence-corrected chi connectivity index (χ0v) is 14.4. The molecule has 3 rings (SSSR count). The minimum Gasteiger partial charge on any atom is -0.419 e. The molecule has 0 radical (unpaired) electrons. The van der Waals surface area contributed by atoms with Crippen LogP contribution in [-0.2, 0) is 6.54 Å². The van der Waals surface area contributed by atoms with Crippen molar-refractivity contribution in [2.45, 2.75) is 26.4 Å². The predicted molar refractivity (Wildman–Crippen MR) is 90.8 cm³/mol. The Morgan fingerprint density at radius 3 is 2.52 bits per heavy atom. The molecule has 0 unspecified atom stereocenters. The molecule has 0 amide bonds. The predicted octanol–water partition coefficient (Wildman–Crippen LogP) is 2.75. The number of aromatic nitrogens is 2. The van der Waals surface area contributed by atoms with Crippen LogP contribution in [0.1, 0.15) is 19.7 Å². The SMILES string of the molecule is CC(C)[C@H]1CN(Cc2nnc(-c3ccccc3)o2)C[C@@H]1N(C)C. The second-order valence-corrected chi connectivity index (χ2v) is 7.00. The Balaban J connectivity index is 1.68. The van der Waals surface area contributed by atoms with Crippen LogP contribution in [-0.4, -0.2) is 53.2 Å². The smallest absolute Gasteiger partial charge is 0.247 e. The Labute approximate surface area is 138 Å². The van der Waals surface area contributed by atoms with E-state index in [9.17, 15) is 0 Å². The van der Waals surface area contributed by atoms with Crippen molar-refractivity contribution in [2.75, 3.05) is 27.2 Å². The highest BCUT2D eigenvalue weighted by molar-refractivity contribution is 5.51. The van der Waals surface area contributed by atoms with Gasteiger partial charge in [0.2, 0.25) is 11.8 Å². The number of likely N-dealkylation sites (N-methyl/N-ethyl adjacent to an activating group) is 1. The van der Waals surface area contributed by atoms with Crippen LogP contribution in [0.25, 0.3) is 11.5 Å². The van der Waals surface area contributed by atoms with Gasteiger partial charge in [0.25, 0.3) is 0 Å². The third-order valence-electron chi connectivity index (χ3n) is 4.77. The van der Waals surface area contributed by atoms with E-state index in [-0.39, 0.29) is 0 Å². The van der Waals surface area contributed by atoms with Gasteiger partial charge in [0.1, 0.15) is 0 Å². The van der Waals surface area contributed by atoms with Gasteiger partial charge in [-0.25, -0.2) is 0 Å². The Morgan fingerprint density at radius 2 is 1.91 bits per heavy atom. The molecule has 2 heterocycles. The standard InChI is InChI=1S/C18H26N4O/c1-13(2)15-10-22(11-16(15)21(3)4)12-17-19-20-18(23-17)14-8-6-5-7-9-14/h5-9,13,15-16H,10-12H2,1-4H3/t15-,16+/m1/s1. The molecule has 1 aliphatic heterocycles. The fourth-order valence-electron chi connectivity index (χ4n) is 3.43. The van der Waals surface area contributed by atoms with E-state index in [2.05, 4.69) is 47.9 Å². The van der Waals surface area contributed by atoms with Crippen molar-refractivity contribution in [3.8, 4) is 11.5 Å². The molecule has 1 aliphatic rings. The highest BCUT2D eigenvalue weighted by atomic mass is 16.4. The maximum Gasteiger partial charge on any atom is 0.247 e. The molecule has 2 aromatic rings. The number of rotatable bonds is 5. The van der Waals surface area contributed by atoms with Crippen molar-refractivity contribution in [1.29, 1.82) is 0 Å². The van der Waals surface area contributed by atoms with Gasteiger partial charge in [-0.3, -0.25) is 4.90 Å². The second-order valence-electron chi connectivity index (χ2n) is 7.00. The lowest BCUT2D eigenvalue weighted by atomic mass is 9.91. The van der Waals surface area contributed by atoms with Crippen molar-refractivity contribution < 1.29 is 4.42 Å². The van der Waals surface area contributed by atoms with Crippen molar-refractivity contribution in [2.24, 2.45) is 11.8 Å². The van der Waals surface area contributed by atoms with Crippen LogP contribution in [0, 0.1) is 11.8 Å². The number of likely N-dealkylation sites (tertiary alicyclic amines) is 1. The highest BCUT2D eigenvalue weighted by Crippen LogP contribution is 2.28. The topological polar surface area (TPSA) is 45.4 Å². The molecular formula is C18H26N4O. The van der Waals surface area contributed by atoms with E-state index >= 15 is 0 Å². The van der Waals surface area contributed by atoms with E-state index in [0.717, 1.165) is 25.2 Å². The molecule has 1 fully saturated rings.